The highest BCUT2D eigenvalue weighted by Crippen LogP contribution is 2.23. The second-order valence-corrected chi connectivity index (χ2v) is 4.60. The lowest BCUT2D eigenvalue weighted by atomic mass is 10.1. The number of carbonyl (C=O) groups excluding carboxylic acids is 1. The van der Waals surface area contributed by atoms with Gasteiger partial charge < -0.3 is 11.1 Å². The van der Waals surface area contributed by atoms with Gasteiger partial charge in [-0.3, -0.25) is 4.79 Å². The lowest BCUT2D eigenvalue weighted by Gasteiger charge is -2.08. The summed E-state index contributed by atoms with van der Waals surface area (Å²) in [6, 6.07) is 9.85. The molecule has 0 aliphatic rings. The van der Waals surface area contributed by atoms with E-state index in [2.05, 4.69) is 15.4 Å². The Kier molecular flexibility index (Phi) is 3.27. The van der Waals surface area contributed by atoms with Crippen LogP contribution >= 0.6 is 0 Å². The van der Waals surface area contributed by atoms with Crippen molar-refractivity contribution in [1.82, 2.24) is 14.6 Å². The molecule has 0 atom stereocenters. The number of primary amides is 1. The van der Waals surface area contributed by atoms with Gasteiger partial charge in [0.2, 0.25) is 0 Å². The monoisotopic (exact) mass is 281 g/mol. The van der Waals surface area contributed by atoms with E-state index in [0.29, 0.717) is 11.2 Å². The van der Waals surface area contributed by atoms with Crippen molar-refractivity contribution in [3.05, 3.63) is 48.3 Å². The summed E-state index contributed by atoms with van der Waals surface area (Å²) >= 11 is 0. The van der Waals surface area contributed by atoms with E-state index in [0.717, 1.165) is 23.5 Å². The van der Waals surface area contributed by atoms with Gasteiger partial charge in [-0.15, -0.1) is 0 Å². The molecule has 0 saturated carbocycles. The zero-order chi connectivity index (χ0) is 14.8. The van der Waals surface area contributed by atoms with E-state index < -0.39 is 5.91 Å². The molecule has 0 aliphatic carbocycles. The Balaban J connectivity index is 2.16. The van der Waals surface area contributed by atoms with Gasteiger partial charge in [0.05, 0.1) is 11.9 Å². The van der Waals surface area contributed by atoms with Crippen LogP contribution in [0.1, 0.15) is 17.3 Å². The highest BCUT2D eigenvalue weighted by molar-refractivity contribution is 5.98. The number of benzene rings is 1. The van der Waals surface area contributed by atoms with E-state index in [1.807, 2.05) is 37.3 Å². The number of nitrogens with two attached hydrogens (primary N) is 1. The van der Waals surface area contributed by atoms with Crippen LogP contribution in [0.5, 0.6) is 0 Å². The van der Waals surface area contributed by atoms with E-state index in [1.54, 1.807) is 10.7 Å². The van der Waals surface area contributed by atoms with E-state index in [1.165, 1.54) is 6.20 Å². The fourth-order valence-electron chi connectivity index (χ4n) is 2.28. The quantitative estimate of drug-likeness (QED) is 0.765. The van der Waals surface area contributed by atoms with Crippen LogP contribution in [0.25, 0.3) is 16.9 Å². The van der Waals surface area contributed by atoms with E-state index in [4.69, 9.17) is 5.73 Å². The zero-order valence-electron chi connectivity index (χ0n) is 11.6. The first-order chi connectivity index (χ1) is 10.2. The van der Waals surface area contributed by atoms with Crippen molar-refractivity contribution in [1.29, 1.82) is 0 Å². The third-order valence-corrected chi connectivity index (χ3v) is 3.21. The summed E-state index contributed by atoms with van der Waals surface area (Å²) in [5, 5.41) is 7.49. The molecular weight excluding hydrogens is 266 g/mol. The van der Waals surface area contributed by atoms with E-state index in [-0.39, 0.29) is 0 Å². The normalized spacial score (nSPS) is 10.7. The predicted molar refractivity (Wildman–Crippen MR) is 81.1 cm³/mol. The highest BCUT2D eigenvalue weighted by Gasteiger charge is 2.13. The molecule has 3 N–H and O–H groups in total. The second kappa shape index (κ2) is 5.24. The predicted octanol–water partition coefficient (Wildman–Crippen LogP) is 1.93. The van der Waals surface area contributed by atoms with Gasteiger partial charge in [0.25, 0.3) is 5.91 Å². The molecule has 2 heterocycles. The van der Waals surface area contributed by atoms with E-state index >= 15 is 0 Å². The van der Waals surface area contributed by atoms with Crippen LogP contribution in [0.3, 0.4) is 0 Å². The van der Waals surface area contributed by atoms with Crippen molar-refractivity contribution in [2.24, 2.45) is 5.73 Å². The minimum Gasteiger partial charge on any atom is -0.385 e. The van der Waals surface area contributed by atoms with Crippen LogP contribution in [-0.2, 0) is 0 Å². The Bertz CT molecular complexity index is 809. The number of anilines is 1. The molecule has 0 fully saturated rings. The second-order valence-electron chi connectivity index (χ2n) is 4.60. The highest BCUT2D eigenvalue weighted by atomic mass is 16.1. The maximum atomic E-state index is 11.4. The van der Waals surface area contributed by atoms with Gasteiger partial charge in [0.15, 0.2) is 5.65 Å². The summed E-state index contributed by atoms with van der Waals surface area (Å²) in [5.74, 6) is -0.531. The van der Waals surface area contributed by atoms with Gasteiger partial charge in [0.1, 0.15) is 5.56 Å². The van der Waals surface area contributed by atoms with Crippen molar-refractivity contribution in [3.8, 4) is 11.3 Å². The van der Waals surface area contributed by atoms with Crippen LogP contribution < -0.4 is 11.1 Å². The number of rotatable bonds is 4. The van der Waals surface area contributed by atoms with Crippen LogP contribution in [0.15, 0.2) is 42.7 Å². The standard InChI is InChI=1S/C15H15N5O/c1-2-17-11-5-3-4-10(8-11)13-6-7-18-15-12(14(16)21)9-19-20(13)15/h3-9,17H,2H2,1H3,(H2,16,21). The summed E-state index contributed by atoms with van der Waals surface area (Å²) in [7, 11) is 0. The summed E-state index contributed by atoms with van der Waals surface area (Å²) < 4.78 is 1.63. The molecule has 0 spiro atoms. The number of hydrogen-bond acceptors (Lipinski definition) is 4. The third kappa shape index (κ3) is 2.31. The molecule has 0 radical (unpaired) electrons. The van der Waals surface area contributed by atoms with Gasteiger partial charge in [0, 0.05) is 24.0 Å². The Hall–Kier alpha value is -2.89. The Morgan fingerprint density at radius 1 is 1.38 bits per heavy atom. The summed E-state index contributed by atoms with van der Waals surface area (Å²) in [4.78, 5) is 15.6. The van der Waals surface area contributed by atoms with Gasteiger partial charge in [-0.2, -0.15) is 5.10 Å². The maximum Gasteiger partial charge on any atom is 0.254 e. The number of aromatic nitrogens is 3. The zero-order valence-corrected chi connectivity index (χ0v) is 11.6. The van der Waals surface area contributed by atoms with E-state index in [9.17, 15) is 4.79 Å². The molecule has 1 aromatic carbocycles. The minimum atomic E-state index is -0.531. The van der Waals surface area contributed by atoms with Crippen molar-refractivity contribution >= 4 is 17.2 Å². The molecule has 2 aromatic heterocycles. The van der Waals surface area contributed by atoms with Crippen LogP contribution in [0.2, 0.25) is 0 Å². The number of hydrogen-bond donors (Lipinski definition) is 2. The molecule has 3 rings (SSSR count). The molecule has 6 nitrogen and oxygen atoms in total. The van der Waals surface area contributed by atoms with Gasteiger partial charge in [-0.1, -0.05) is 12.1 Å². The molecular formula is C15H15N5O. The number of carbonyl (C=O) groups is 1. The first-order valence-electron chi connectivity index (χ1n) is 6.67. The fourth-order valence-corrected chi connectivity index (χ4v) is 2.28. The van der Waals surface area contributed by atoms with Gasteiger partial charge in [-0.05, 0) is 25.1 Å². The van der Waals surface area contributed by atoms with Crippen molar-refractivity contribution in [2.45, 2.75) is 6.92 Å². The Morgan fingerprint density at radius 3 is 3.00 bits per heavy atom. The molecule has 3 aromatic rings. The smallest absolute Gasteiger partial charge is 0.254 e. The van der Waals surface area contributed by atoms with Gasteiger partial charge >= 0.3 is 0 Å². The molecule has 0 unspecified atom stereocenters. The Morgan fingerprint density at radius 2 is 2.24 bits per heavy atom. The maximum absolute atomic E-state index is 11.4. The van der Waals surface area contributed by atoms with Crippen LogP contribution in [0, 0.1) is 0 Å². The fraction of sp³-hybridized carbons (Fsp3) is 0.133. The first kappa shape index (κ1) is 13.1. The third-order valence-electron chi connectivity index (χ3n) is 3.21. The SMILES string of the molecule is CCNc1cccc(-c2ccnc3c(C(N)=O)cnn23)c1. The number of amides is 1. The van der Waals surface area contributed by atoms with Crippen molar-refractivity contribution < 1.29 is 4.79 Å². The Labute approximate surface area is 121 Å². The first-order valence-corrected chi connectivity index (χ1v) is 6.67. The average molecular weight is 281 g/mol. The molecule has 0 bridgehead atoms. The largest absolute Gasteiger partial charge is 0.385 e. The molecule has 6 heteroatoms. The lowest BCUT2D eigenvalue weighted by Crippen LogP contribution is -2.11. The molecule has 0 saturated heterocycles. The average Bonchev–Trinajstić information content (AvgIpc) is 2.92. The number of fused-ring (bicyclic) bond motifs is 1. The summed E-state index contributed by atoms with van der Waals surface area (Å²) in [6.07, 6.45) is 3.10. The minimum absolute atomic E-state index is 0.319. The van der Waals surface area contributed by atoms with Crippen LogP contribution in [-0.4, -0.2) is 27.0 Å². The van der Waals surface area contributed by atoms with Gasteiger partial charge in [-0.25, -0.2) is 9.50 Å². The van der Waals surface area contributed by atoms with Crippen molar-refractivity contribution in [3.63, 3.8) is 0 Å². The lowest BCUT2D eigenvalue weighted by molar-refractivity contribution is 0.100. The molecule has 1 amide bonds. The molecule has 21 heavy (non-hydrogen) atoms. The topological polar surface area (TPSA) is 85.3 Å². The molecule has 0 aliphatic heterocycles. The van der Waals surface area contributed by atoms with Crippen LogP contribution in [0.4, 0.5) is 5.69 Å². The molecule has 106 valence electrons. The number of nitrogens with one attached hydrogen (secondary N) is 1. The van der Waals surface area contributed by atoms with Crippen molar-refractivity contribution in [2.75, 3.05) is 11.9 Å². The summed E-state index contributed by atoms with van der Waals surface area (Å²) in [6.45, 7) is 2.90. The summed E-state index contributed by atoms with van der Waals surface area (Å²) in [5.41, 5.74) is 8.99. The number of nitrogens with zero attached hydrogens (tertiary/aromatic N) is 3.